The topological polar surface area (TPSA) is 75.7 Å². The molecule has 0 aliphatic heterocycles. The van der Waals surface area contributed by atoms with Gasteiger partial charge in [0.25, 0.3) is 0 Å². The maximum Gasteiger partial charge on any atom is 0.0999 e. The van der Waals surface area contributed by atoms with Crippen molar-refractivity contribution in [2.75, 3.05) is 6.61 Å². The van der Waals surface area contributed by atoms with Crippen LogP contribution >= 0.6 is 0 Å². The smallest absolute Gasteiger partial charge is 0.0999 e. The van der Waals surface area contributed by atoms with Gasteiger partial charge in [-0.15, -0.1) is 0 Å². The Bertz CT molecular complexity index is 246. The third kappa shape index (κ3) is 14.5. The minimum atomic E-state index is -0.750. The lowest BCUT2D eigenvalue weighted by atomic mass is 10.0. The van der Waals surface area contributed by atoms with Crippen molar-refractivity contribution in [2.24, 2.45) is 5.73 Å². The number of rotatable bonds is 16. The summed E-state index contributed by atoms with van der Waals surface area (Å²) in [5.41, 5.74) is 5.59. The van der Waals surface area contributed by atoms with E-state index >= 15 is 0 Å². The van der Waals surface area contributed by atoms with Crippen molar-refractivity contribution in [1.29, 1.82) is 0 Å². The van der Waals surface area contributed by atoms with Crippen molar-refractivity contribution < 1.29 is 15.3 Å². The van der Waals surface area contributed by atoms with Crippen LogP contribution in [0.4, 0.5) is 0 Å². The van der Waals surface area contributed by atoms with Crippen molar-refractivity contribution in [1.82, 2.24) is 0 Å². The van der Waals surface area contributed by atoms with Crippen LogP contribution in [0.15, 0.2) is 12.2 Å². The Morgan fingerprint density at radius 2 is 1.41 bits per heavy atom. The van der Waals surface area contributed by atoms with E-state index in [9.17, 15) is 5.11 Å². The molecule has 0 fully saturated rings. The van der Waals surface area contributed by atoms with E-state index in [0.717, 1.165) is 12.8 Å². The van der Waals surface area contributed by atoms with Crippen molar-refractivity contribution in [2.45, 2.75) is 96.1 Å². The van der Waals surface area contributed by atoms with Gasteiger partial charge in [0.2, 0.25) is 0 Å². The zero-order valence-electron chi connectivity index (χ0n) is 14.4. The molecule has 0 heterocycles. The minimum absolute atomic E-state index is 0.0516. The van der Waals surface area contributed by atoms with Gasteiger partial charge in [0, 0.05) is 0 Å². The van der Waals surface area contributed by atoms with Crippen LogP contribution in [0, 0.1) is 0 Å². The van der Waals surface area contributed by atoms with Gasteiger partial charge in [-0.25, -0.2) is 4.89 Å². The van der Waals surface area contributed by atoms with E-state index in [1.165, 1.54) is 64.2 Å². The standard InChI is InChI=1S/C18H37NO3/c1-2-3-4-5-6-7-8-9-10-11-12-13-14-15-18(20)17(19)16-22-21/h14-15,17-18,20-21H,2-13,16,19H2,1H3. The van der Waals surface area contributed by atoms with E-state index < -0.39 is 12.1 Å². The minimum Gasteiger partial charge on any atom is -0.387 e. The van der Waals surface area contributed by atoms with Gasteiger partial charge in [-0.05, 0) is 12.8 Å². The zero-order chi connectivity index (χ0) is 16.5. The van der Waals surface area contributed by atoms with E-state index in [0.29, 0.717) is 0 Å². The van der Waals surface area contributed by atoms with E-state index in [1.54, 1.807) is 6.08 Å². The second-order valence-corrected chi connectivity index (χ2v) is 6.20. The highest BCUT2D eigenvalue weighted by atomic mass is 17.1. The molecule has 0 radical (unpaired) electrons. The van der Waals surface area contributed by atoms with E-state index in [-0.39, 0.29) is 6.61 Å². The number of aliphatic hydroxyl groups is 1. The molecule has 2 unspecified atom stereocenters. The highest BCUT2D eigenvalue weighted by Gasteiger charge is 2.10. The first-order chi connectivity index (χ1) is 10.7. The van der Waals surface area contributed by atoms with Gasteiger partial charge in [-0.3, -0.25) is 5.26 Å². The third-order valence-electron chi connectivity index (χ3n) is 4.01. The highest BCUT2D eigenvalue weighted by Crippen LogP contribution is 2.12. The van der Waals surface area contributed by atoms with Gasteiger partial charge >= 0.3 is 0 Å². The molecule has 0 aromatic carbocycles. The van der Waals surface area contributed by atoms with Gasteiger partial charge in [-0.1, -0.05) is 83.3 Å². The Balaban J connectivity index is 3.26. The van der Waals surface area contributed by atoms with Gasteiger partial charge < -0.3 is 10.8 Å². The molecule has 132 valence electrons. The Kier molecular flexibility index (Phi) is 16.6. The second-order valence-electron chi connectivity index (χ2n) is 6.20. The first kappa shape index (κ1) is 21.6. The molecule has 0 rings (SSSR count). The summed E-state index contributed by atoms with van der Waals surface area (Å²) in [5.74, 6) is 0. The monoisotopic (exact) mass is 315 g/mol. The summed E-state index contributed by atoms with van der Waals surface area (Å²) in [5, 5.41) is 17.9. The lowest BCUT2D eigenvalue weighted by molar-refractivity contribution is -0.247. The van der Waals surface area contributed by atoms with Crippen LogP contribution < -0.4 is 5.73 Å². The molecule has 4 heteroatoms. The van der Waals surface area contributed by atoms with Crippen LogP contribution in [0.2, 0.25) is 0 Å². The van der Waals surface area contributed by atoms with Crippen molar-refractivity contribution in [3.05, 3.63) is 12.2 Å². The summed E-state index contributed by atoms with van der Waals surface area (Å²) in [6, 6.07) is -0.571. The highest BCUT2D eigenvalue weighted by molar-refractivity contribution is 4.93. The average Bonchev–Trinajstić information content (AvgIpc) is 2.51. The predicted molar refractivity (Wildman–Crippen MR) is 92.8 cm³/mol. The van der Waals surface area contributed by atoms with Gasteiger partial charge in [0.1, 0.15) is 0 Å². The number of allylic oxidation sites excluding steroid dienone is 1. The largest absolute Gasteiger partial charge is 0.387 e. The summed E-state index contributed by atoms with van der Waals surface area (Å²) in [4.78, 5) is 3.92. The second kappa shape index (κ2) is 16.9. The number of nitrogens with two attached hydrogens (primary N) is 1. The molecule has 4 N–H and O–H groups in total. The molecule has 0 aromatic heterocycles. The molecule has 0 aromatic rings. The van der Waals surface area contributed by atoms with Crippen molar-refractivity contribution in [3.8, 4) is 0 Å². The molecular formula is C18H37NO3. The molecule has 22 heavy (non-hydrogen) atoms. The molecule has 0 aliphatic rings. The van der Waals surface area contributed by atoms with E-state index in [4.69, 9.17) is 11.0 Å². The average molecular weight is 315 g/mol. The SMILES string of the molecule is CCCCCCCCCCCCCC=CC(O)C(N)COO. The molecular weight excluding hydrogens is 278 g/mol. The summed E-state index contributed by atoms with van der Waals surface area (Å²) in [7, 11) is 0. The summed E-state index contributed by atoms with van der Waals surface area (Å²) in [6.45, 7) is 2.21. The molecule has 4 nitrogen and oxygen atoms in total. The Morgan fingerprint density at radius 3 is 1.91 bits per heavy atom. The van der Waals surface area contributed by atoms with Gasteiger partial charge in [-0.2, -0.15) is 0 Å². The lowest BCUT2D eigenvalue weighted by Crippen LogP contribution is -2.37. The first-order valence-electron chi connectivity index (χ1n) is 9.09. The van der Waals surface area contributed by atoms with E-state index in [1.807, 2.05) is 6.08 Å². The number of hydrogen-bond acceptors (Lipinski definition) is 4. The van der Waals surface area contributed by atoms with Crippen LogP contribution in [0.1, 0.15) is 84.0 Å². The van der Waals surface area contributed by atoms with Crippen LogP contribution in [0.3, 0.4) is 0 Å². The molecule has 0 bridgehead atoms. The Hall–Kier alpha value is -0.420. The van der Waals surface area contributed by atoms with Crippen LogP contribution in [0.5, 0.6) is 0 Å². The van der Waals surface area contributed by atoms with Gasteiger partial charge in [0.15, 0.2) is 0 Å². The predicted octanol–water partition coefficient (Wildman–Crippen LogP) is 4.42. The fraction of sp³-hybridized carbons (Fsp3) is 0.889. The molecule has 0 saturated heterocycles. The normalized spacial score (nSPS) is 14.5. The molecule has 0 amide bonds. The maximum atomic E-state index is 9.62. The summed E-state index contributed by atoms with van der Waals surface area (Å²) >= 11 is 0. The summed E-state index contributed by atoms with van der Waals surface area (Å²) < 4.78 is 0. The number of hydrogen-bond donors (Lipinski definition) is 3. The number of aliphatic hydroxyl groups excluding tert-OH is 1. The van der Waals surface area contributed by atoms with Crippen LogP contribution in [0.25, 0.3) is 0 Å². The van der Waals surface area contributed by atoms with E-state index in [2.05, 4.69) is 11.8 Å². The van der Waals surface area contributed by atoms with Crippen molar-refractivity contribution >= 4 is 0 Å². The Morgan fingerprint density at radius 1 is 0.909 bits per heavy atom. The summed E-state index contributed by atoms with van der Waals surface area (Å²) in [6.07, 6.45) is 18.6. The molecule has 0 aliphatic carbocycles. The quantitative estimate of drug-likeness (QED) is 0.170. The fourth-order valence-electron chi connectivity index (χ4n) is 2.49. The van der Waals surface area contributed by atoms with Gasteiger partial charge in [0.05, 0.1) is 18.8 Å². The molecule has 0 saturated carbocycles. The lowest BCUT2D eigenvalue weighted by Gasteiger charge is -2.12. The zero-order valence-corrected chi connectivity index (χ0v) is 14.4. The van der Waals surface area contributed by atoms with Crippen LogP contribution in [-0.2, 0) is 4.89 Å². The number of unbranched alkanes of at least 4 members (excludes halogenated alkanes) is 11. The van der Waals surface area contributed by atoms with Crippen molar-refractivity contribution in [3.63, 3.8) is 0 Å². The first-order valence-corrected chi connectivity index (χ1v) is 9.09. The maximum absolute atomic E-state index is 9.62. The molecule has 2 atom stereocenters. The van der Waals surface area contributed by atoms with Crippen LogP contribution in [-0.4, -0.2) is 29.1 Å². The molecule has 0 spiro atoms. The Labute approximate surface area is 136 Å². The fourth-order valence-corrected chi connectivity index (χ4v) is 2.49. The third-order valence-corrected chi connectivity index (χ3v) is 4.01.